The summed E-state index contributed by atoms with van der Waals surface area (Å²) >= 11 is 5.10. The van der Waals surface area contributed by atoms with Crippen LogP contribution in [0.5, 0.6) is 0 Å². The van der Waals surface area contributed by atoms with Crippen LogP contribution in [0.1, 0.15) is 6.92 Å². The van der Waals surface area contributed by atoms with E-state index in [9.17, 15) is 9.59 Å². The first kappa shape index (κ1) is 12.5. The number of H-pyrrole nitrogens is 1. The molecule has 0 bridgehead atoms. The molecule has 2 N–H and O–H groups in total. The zero-order valence-corrected chi connectivity index (χ0v) is 10.7. The zero-order chi connectivity index (χ0) is 13.1. The van der Waals surface area contributed by atoms with E-state index in [0.29, 0.717) is 17.4 Å². The Kier molecular flexibility index (Phi) is 3.57. The molecule has 0 spiro atoms. The average molecular weight is 263 g/mol. The van der Waals surface area contributed by atoms with Crippen LogP contribution in [0.25, 0.3) is 10.9 Å². The monoisotopic (exact) mass is 263 g/mol. The van der Waals surface area contributed by atoms with Crippen molar-refractivity contribution in [3.8, 4) is 0 Å². The number of rotatable bonds is 3. The molecule has 0 saturated carbocycles. The number of nitrogens with zero attached hydrogens (tertiary/aromatic N) is 1. The van der Waals surface area contributed by atoms with Gasteiger partial charge in [0.2, 0.25) is 5.91 Å². The van der Waals surface area contributed by atoms with Gasteiger partial charge in [0.1, 0.15) is 6.54 Å². The molecule has 0 aliphatic heterocycles. The summed E-state index contributed by atoms with van der Waals surface area (Å²) in [6.45, 7) is 2.28. The first-order chi connectivity index (χ1) is 8.63. The van der Waals surface area contributed by atoms with Crippen molar-refractivity contribution in [2.75, 3.05) is 6.54 Å². The van der Waals surface area contributed by atoms with E-state index in [1.165, 1.54) is 4.57 Å². The standard InChI is InChI=1S/C12H13N3O2S/c1-2-13-10(16)7-15-11(17)8-5-3-4-6-9(8)14-12(15)18/h3-6H,2,7H2,1H3,(H,13,16)(H,14,18). The summed E-state index contributed by atoms with van der Waals surface area (Å²) in [7, 11) is 0. The zero-order valence-electron chi connectivity index (χ0n) is 9.90. The molecule has 1 aromatic heterocycles. The average Bonchev–Trinajstić information content (AvgIpc) is 2.35. The van der Waals surface area contributed by atoms with Crippen molar-refractivity contribution in [1.82, 2.24) is 14.9 Å². The maximum absolute atomic E-state index is 12.2. The van der Waals surface area contributed by atoms with E-state index in [-0.39, 0.29) is 22.8 Å². The van der Waals surface area contributed by atoms with Gasteiger partial charge in [0, 0.05) is 6.54 Å². The molecule has 2 rings (SSSR count). The summed E-state index contributed by atoms with van der Waals surface area (Å²) in [5.41, 5.74) is 0.431. The Balaban J connectivity index is 2.55. The largest absolute Gasteiger partial charge is 0.355 e. The van der Waals surface area contributed by atoms with Gasteiger partial charge in [-0.15, -0.1) is 0 Å². The van der Waals surface area contributed by atoms with Crippen LogP contribution in [0.15, 0.2) is 29.1 Å². The van der Waals surface area contributed by atoms with E-state index in [2.05, 4.69) is 10.3 Å². The molecule has 1 heterocycles. The Morgan fingerprint density at radius 3 is 2.89 bits per heavy atom. The summed E-state index contributed by atoms with van der Waals surface area (Å²) in [6.07, 6.45) is 0. The van der Waals surface area contributed by atoms with E-state index in [4.69, 9.17) is 12.2 Å². The van der Waals surface area contributed by atoms with Crippen LogP contribution >= 0.6 is 12.2 Å². The lowest BCUT2D eigenvalue weighted by atomic mass is 10.2. The SMILES string of the molecule is CCNC(=O)Cn1c(=S)[nH]c2ccccc2c1=O. The van der Waals surface area contributed by atoms with Crippen molar-refractivity contribution in [2.45, 2.75) is 13.5 Å². The number of aromatic amines is 1. The molecule has 2 aromatic rings. The third kappa shape index (κ3) is 2.33. The first-order valence-corrected chi connectivity index (χ1v) is 6.03. The fourth-order valence-corrected chi connectivity index (χ4v) is 2.00. The van der Waals surface area contributed by atoms with Gasteiger partial charge in [0.05, 0.1) is 10.9 Å². The predicted octanol–water partition coefficient (Wildman–Crippen LogP) is 1.20. The van der Waals surface area contributed by atoms with Gasteiger partial charge < -0.3 is 10.3 Å². The maximum atomic E-state index is 12.2. The smallest absolute Gasteiger partial charge is 0.262 e. The minimum atomic E-state index is -0.249. The third-order valence-electron chi connectivity index (χ3n) is 2.57. The van der Waals surface area contributed by atoms with Crippen LogP contribution in [0.2, 0.25) is 0 Å². The van der Waals surface area contributed by atoms with Gasteiger partial charge in [-0.1, -0.05) is 12.1 Å². The summed E-state index contributed by atoms with van der Waals surface area (Å²) < 4.78 is 1.52. The maximum Gasteiger partial charge on any atom is 0.262 e. The second-order valence-electron chi connectivity index (χ2n) is 3.82. The number of carbonyl (C=O) groups is 1. The van der Waals surface area contributed by atoms with Crippen LogP contribution in [0.3, 0.4) is 0 Å². The van der Waals surface area contributed by atoms with Crippen LogP contribution in [0.4, 0.5) is 0 Å². The number of carbonyl (C=O) groups excluding carboxylic acids is 1. The van der Waals surface area contributed by atoms with E-state index in [1.807, 2.05) is 13.0 Å². The van der Waals surface area contributed by atoms with E-state index in [0.717, 1.165) is 0 Å². The van der Waals surface area contributed by atoms with Gasteiger partial charge >= 0.3 is 0 Å². The predicted molar refractivity (Wildman–Crippen MR) is 72.1 cm³/mol. The van der Waals surface area contributed by atoms with Gasteiger partial charge in [0.15, 0.2) is 4.77 Å². The Labute approximate surface area is 108 Å². The second kappa shape index (κ2) is 5.14. The number of amides is 1. The molecule has 0 aliphatic carbocycles. The number of hydrogen-bond acceptors (Lipinski definition) is 3. The minimum Gasteiger partial charge on any atom is -0.355 e. The molecule has 5 nitrogen and oxygen atoms in total. The number of aromatic nitrogens is 2. The van der Waals surface area contributed by atoms with Gasteiger partial charge in [-0.25, -0.2) is 0 Å². The van der Waals surface area contributed by atoms with Crippen molar-refractivity contribution in [3.05, 3.63) is 39.4 Å². The minimum absolute atomic E-state index is 0.0627. The van der Waals surface area contributed by atoms with Crippen LogP contribution in [-0.2, 0) is 11.3 Å². The third-order valence-corrected chi connectivity index (χ3v) is 2.89. The Morgan fingerprint density at radius 1 is 1.44 bits per heavy atom. The Bertz CT molecular complexity index is 702. The molecule has 94 valence electrons. The summed E-state index contributed by atoms with van der Waals surface area (Å²) in [6, 6.07) is 7.08. The highest BCUT2D eigenvalue weighted by atomic mass is 32.1. The molecule has 0 unspecified atom stereocenters. The van der Waals surface area contributed by atoms with Crippen LogP contribution in [-0.4, -0.2) is 22.0 Å². The lowest BCUT2D eigenvalue weighted by Crippen LogP contribution is -2.33. The fraction of sp³-hybridized carbons (Fsp3) is 0.250. The van der Waals surface area contributed by atoms with Crippen LogP contribution < -0.4 is 10.9 Å². The summed E-state index contributed by atoms with van der Waals surface area (Å²) in [5, 5.41) is 3.16. The van der Waals surface area contributed by atoms with Crippen molar-refractivity contribution in [1.29, 1.82) is 0 Å². The molecule has 0 saturated heterocycles. The van der Waals surface area contributed by atoms with Gasteiger partial charge in [-0.3, -0.25) is 14.2 Å². The summed E-state index contributed by atoms with van der Waals surface area (Å²) in [5.74, 6) is -0.227. The second-order valence-corrected chi connectivity index (χ2v) is 4.21. The molecule has 6 heteroatoms. The molecule has 1 amide bonds. The summed E-state index contributed by atoms with van der Waals surface area (Å²) in [4.78, 5) is 26.7. The molecule has 1 aromatic carbocycles. The number of nitrogens with one attached hydrogen (secondary N) is 2. The fourth-order valence-electron chi connectivity index (χ4n) is 1.74. The topological polar surface area (TPSA) is 66.9 Å². The highest BCUT2D eigenvalue weighted by Crippen LogP contribution is 2.05. The van der Waals surface area contributed by atoms with Gasteiger partial charge in [0.25, 0.3) is 5.56 Å². The molecule has 18 heavy (non-hydrogen) atoms. The molecule has 0 aliphatic rings. The van der Waals surface area contributed by atoms with Gasteiger partial charge in [-0.05, 0) is 31.3 Å². The Morgan fingerprint density at radius 2 is 2.17 bits per heavy atom. The van der Waals surface area contributed by atoms with Crippen molar-refractivity contribution >= 4 is 29.0 Å². The van der Waals surface area contributed by atoms with E-state index >= 15 is 0 Å². The Hall–Kier alpha value is -1.95. The quantitative estimate of drug-likeness (QED) is 0.818. The molecule has 0 fully saturated rings. The lowest BCUT2D eigenvalue weighted by molar-refractivity contribution is -0.121. The van der Waals surface area contributed by atoms with Crippen molar-refractivity contribution in [3.63, 3.8) is 0 Å². The highest BCUT2D eigenvalue weighted by molar-refractivity contribution is 7.71. The number of benzene rings is 1. The molecule has 0 atom stereocenters. The number of fused-ring (bicyclic) bond motifs is 1. The first-order valence-electron chi connectivity index (χ1n) is 5.62. The lowest BCUT2D eigenvalue weighted by Gasteiger charge is -2.07. The molecular weight excluding hydrogens is 250 g/mol. The van der Waals surface area contributed by atoms with Crippen molar-refractivity contribution in [2.24, 2.45) is 0 Å². The van der Waals surface area contributed by atoms with Crippen molar-refractivity contribution < 1.29 is 4.79 Å². The molecular formula is C12H13N3O2S. The number of para-hydroxylation sites is 1. The number of likely N-dealkylation sites (N-methyl/N-ethyl adjacent to an activating group) is 1. The van der Waals surface area contributed by atoms with E-state index in [1.54, 1.807) is 18.2 Å². The normalized spacial score (nSPS) is 10.5. The highest BCUT2D eigenvalue weighted by Gasteiger charge is 2.08. The van der Waals surface area contributed by atoms with E-state index < -0.39 is 0 Å². The number of hydrogen-bond donors (Lipinski definition) is 2. The van der Waals surface area contributed by atoms with Gasteiger partial charge in [-0.2, -0.15) is 0 Å². The van der Waals surface area contributed by atoms with Crippen LogP contribution in [0, 0.1) is 4.77 Å². The molecule has 0 radical (unpaired) electrons.